The number of ether oxygens (including phenoxy) is 1. The van der Waals surface area contributed by atoms with Gasteiger partial charge in [0.1, 0.15) is 6.54 Å². The second-order valence-electron chi connectivity index (χ2n) is 6.08. The van der Waals surface area contributed by atoms with Crippen molar-refractivity contribution in [2.45, 2.75) is 52.0 Å². The lowest BCUT2D eigenvalue weighted by Gasteiger charge is -2.21. The van der Waals surface area contributed by atoms with Crippen LogP contribution in [-0.4, -0.2) is 47.9 Å². The van der Waals surface area contributed by atoms with Gasteiger partial charge in [-0.3, -0.25) is 14.4 Å². The maximum atomic E-state index is 11.7. The summed E-state index contributed by atoms with van der Waals surface area (Å²) in [6.45, 7) is 5.76. The van der Waals surface area contributed by atoms with E-state index in [2.05, 4.69) is 5.32 Å². The van der Waals surface area contributed by atoms with Gasteiger partial charge >= 0.3 is 5.97 Å². The van der Waals surface area contributed by atoms with E-state index in [-0.39, 0.29) is 30.5 Å². The first-order valence-electron chi connectivity index (χ1n) is 7.02. The van der Waals surface area contributed by atoms with Gasteiger partial charge in [0, 0.05) is 18.5 Å². The largest absolute Gasteiger partial charge is 0.454 e. The summed E-state index contributed by atoms with van der Waals surface area (Å²) in [7, 11) is 0. The van der Waals surface area contributed by atoms with Gasteiger partial charge in [-0.05, 0) is 33.6 Å². The van der Waals surface area contributed by atoms with E-state index in [1.54, 1.807) is 0 Å². The summed E-state index contributed by atoms with van der Waals surface area (Å²) in [5.74, 6) is -0.893. The third-order valence-corrected chi connectivity index (χ3v) is 2.87. The first kappa shape index (κ1) is 16.5. The number of hydrogen-bond donors (Lipinski definition) is 1. The van der Waals surface area contributed by atoms with E-state index in [0.717, 1.165) is 19.3 Å². The summed E-state index contributed by atoms with van der Waals surface area (Å²) in [5, 5.41) is 2.70. The van der Waals surface area contributed by atoms with Crippen molar-refractivity contribution in [3.05, 3.63) is 0 Å². The molecule has 1 N–H and O–H groups in total. The Morgan fingerprint density at radius 1 is 1.25 bits per heavy atom. The molecule has 0 aromatic carbocycles. The average Bonchev–Trinajstić information content (AvgIpc) is 2.50. The Bertz CT molecular complexity index is 374. The lowest BCUT2D eigenvalue weighted by Crippen LogP contribution is -2.43. The van der Waals surface area contributed by atoms with Gasteiger partial charge in [-0.1, -0.05) is 6.42 Å². The standard InChI is InChI=1S/C14H24N2O4/c1-14(2,3)15-11(17)10-20-13(19)9-16-8-6-4-5-7-12(16)18/h4-10H2,1-3H3,(H,15,17). The van der Waals surface area contributed by atoms with Gasteiger partial charge in [0.25, 0.3) is 5.91 Å². The van der Waals surface area contributed by atoms with E-state index in [1.165, 1.54) is 4.90 Å². The lowest BCUT2D eigenvalue weighted by molar-refractivity contribution is -0.152. The van der Waals surface area contributed by atoms with Crippen LogP contribution in [0.4, 0.5) is 0 Å². The van der Waals surface area contributed by atoms with E-state index in [0.29, 0.717) is 13.0 Å². The maximum Gasteiger partial charge on any atom is 0.326 e. The molecule has 0 radical (unpaired) electrons. The molecular weight excluding hydrogens is 260 g/mol. The molecule has 1 rings (SSSR count). The Hall–Kier alpha value is -1.59. The number of rotatable bonds is 4. The number of likely N-dealkylation sites (tertiary alicyclic amines) is 1. The highest BCUT2D eigenvalue weighted by atomic mass is 16.5. The van der Waals surface area contributed by atoms with Crippen LogP contribution in [-0.2, 0) is 19.1 Å². The second-order valence-corrected chi connectivity index (χ2v) is 6.08. The van der Waals surface area contributed by atoms with Gasteiger partial charge < -0.3 is 15.0 Å². The minimum atomic E-state index is -0.538. The summed E-state index contributed by atoms with van der Waals surface area (Å²) in [5.41, 5.74) is -0.357. The molecule has 114 valence electrons. The summed E-state index contributed by atoms with van der Waals surface area (Å²) >= 11 is 0. The number of carbonyl (C=O) groups is 3. The molecule has 1 aliphatic rings. The molecule has 20 heavy (non-hydrogen) atoms. The molecule has 2 amide bonds. The molecule has 0 atom stereocenters. The highest BCUT2D eigenvalue weighted by Gasteiger charge is 2.21. The van der Waals surface area contributed by atoms with E-state index >= 15 is 0 Å². The molecule has 0 aromatic heterocycles. The first-order valence-corrected chi connectivity index (χ1v) is 7.02. The quantitative estimate of drug-likeness (QED) is 0.776. The summed E-state index contributed by atoms with van der Waals surface area (Å²) < 4.78 is 4.90. The number of esters is 1. The van der Waals surface area contributed by atoms with Crippen molar-refractivity contribution >= 4 is 17.8 Å². The third kappa shape index (κ3) is 6.54. The predicted molar refractivity (Wildman–Crippen MR) is 73.9 cm³/mol. The number of carbonyl (C=O) groups excluding carboxylic acids is 3. The van der Waals surface area contributed by atoms with Gasteiger partial charge in [0.15, 0.2) is 6.61 Å². The fourth-order valence-electron chi connectivity index (χ4n) is 2.01. The zero-order valence-electron chi connectivity index (χ0n) is 12.5. The van der Waals surface area contributed by atoms with Crippen molar-refractivity contribution in [2.75, 3.05) is 19.7 Å². The van der Waals surface area contributed by atoms with Crippen LogP contribution in [0.2, 0.25) is 0 Å². The van der Waals surface area contributed by atoms with Crippen LogP contribution < -0.4 is 5.32 Å². The third-order valence-electron chi connectivity index (χ3n) is 2.87. The van der Waals surface area contributed by atoms with Gasteiger partial charge in [-0.15, -0.1) is 0 Å². The summed E-state index contributed by atoms with van der Waals surface area (Å²) in [4.78, 5) is 36.4. The molecule has 1 fully saturated rings. The minimum Gasteiger partial charge on any atom is -0.454 e. The Labute approximate surface area is 119 Å². The van der Waals surface area contributed by atoms with Crippen molar-refractivity contribution in [3.63, 3.8) is 0 Å². The van der Waals surface area contributed by atoms with Crippen LogP contribution in [0.1, 0.15) is 46.5 Å². The van der Waals surface area contributed by atoms with Crippen LogP contribution in [0.15, 0.2) is 0 Å². The van der Waals surface area contributed by atoms with Crippen LogP contribution >= 0.6 is 0 Å². The Balaban J connectivity index is 2.32. The van der Waals surface area contributed by atoms with Crippen LogP contribution in [0.3, 0.4) is 0 Å². The zero-order valence-corrected chi connectivity index (χ0v) is 12.5. The molecule has 1 saturated heterocycles. The van der Waals surface area contributed by atoms with E-state index < -0.39 is 5.97 Å². The van der Waals surface area contributed by atoms with E-state index in [9.17, 15) is 14.4 Å². The number of amides is 2. The highest BCUT2D eigenvalue weighted by molar-refractivity contribution is 5.84. The van der Waals surface area contributed by atoms with E-state index in [1.807, 2.05) is 20.8 Å². The van der Waals surface area contributed by atoms with Gasteiger partial charge in [-0.25, -0.2) is 0 Å². The Morgan fingerprint density at radius 2 is 1.95 bits per heavy atom. The molecule has 0 unspecified atom stereocenters. The van der Waals surface area contributed by atoms with Gasteiger partial charge in [0.05, 0.1) is 0 Å². The molecule has 0 aliphatic carbocycles. The monoisotopic (exact) mass is 284 g/mol. The fourth-order valence-corrected chi connectivity index (χ4v) is 2.01. The molecule has 0 spiro atoms. The number of hydrogen-bond acceptors (Lipinski definition) is 4. The molecule has 6 nitrogen and oxygen atoms in total. The van der Waals surface area contributed by atoms with Crippen LogP contribution in [0, 0.1) is 0 Å². The molecular formula is C14H24N2O4. The van der Waals surface area contributed by atoms with Crippen molar-refractivity contribution in [2.24, 2.45) is 0 Å². The number of nitrogens with zero attached hydrogens (tertiary/aromatic N) is 1. The maximum absolute atomic E-state index is 11.7. The average molecular weight is 284 g/mol. The zero-order chi connectivity index (χ0) is 15.2. The smallest absolute Gasteiger partial charge is 0.326 e. The van der Waals surface area contributed by atoms with E-state index in [4.69, 9.17) is 4.74 Å². The van der Waals surface area contributed by atoms with Gasteiger partial charge in [-0.2, -0.15) is 0 Å². The van der Waals surface area contributed by atoms with Crippen LogP contribution in [0.5, 0.6) is 0 Å². The normalized spacial score (nSPS) is 16.6. The fraction of sp³-hybridized carbons (Fsp3) is 0.786. The molecule has 0 aromatic rings. The molecule has 1 heterocycles. The second kappa shape index (κ2) is 7.26. The number of nitrogens with one attached hydrogen (secondary N) is 1. The Kier molecular flexibility index (Phi) is 5.98. The Morgan fingerprint density at radius 3 is 2.60 bits per heavy atom. The molecule has 1 aliphatic heterocycles. The van der Waals surface area contributed by atoms with Crippen molar-refractivity contribution < 1.29 is 19.1 Å². The highest BCUT2D eigenvalue weighted by Crippen LogP contribution is 2.10. The lowest BCUT2D eigenvalue weighted by atomic mass is 10.1. The first-order chi connectivity index (χ1) is 9.28. The van der Waals surface area contributed by atoms with Crippen LogP contribution in [0.25, 0.3) is 0 Å². The SMILES string of the molecule is CC(C)(C)NC(=O)COC(=O)CN1CCCCCC1=O. The predicted octanol–water partition coefficient (Wildman–Crippen LogP) is 0.847. The van der Waals surface area contributed by atoms with Crippen molar-refractivity contribution in [3.8, 4) is 0 Å². The summed E-state index contributed by atoms with van der Waals surface area (Å²) in [6.07, 6.45) is 3.27. The summed E-state index contributed by atoms with van der Waals surface area (Å²) in [6, 6.07) is 0. The minimum absolute atomic E-state index is 0.0152. The van der Waals surface area contributed by atoms with Crippen molar-refractivity contribution in [1.82, 2.24) is 10.2 Å². The topological polar surface area (TPSA) is 75.7 Å². The molecule has 0 saturated carbocycles. The molecule has 0 bridgehead atoms. The molecule has 6 heteroatoms. The van der Waals surface area contributed by atoms with Gasteiger partial charge in [0.2, 0.25) is 5.91 Å². The van der Waals surface area contributed by atoms with Crippen molar-refractivity contribution in [1.29, 1.82) is 0 Å².